The zero-order valence-corrected chi connectivity index (χ0v) is 18.7. The molecule has 0 radical (unpaired) electrons. The number of nitrogens with zero attached hydrogens (tertiary/aromatic N) is 4. The largest absolute Gasteiger partial charge is 0.376 e. The lowest BCUT2D eigenvalue weighted by atomic mass is 9.96. The van der Waals surface area contributed by atoms with E-state index in [-0.39, 0.29) is 18.2 Å². The van der Waals surface area contributed by atoms with Crippen molar-refractivity contribution in [2.45, 2.75) is 44.9 Å². The first-order valence-corrected chi connectivity index (χ1v) is 11.6. The lowest BCUT2D eigenvalue weighted by Crippen LogP contribution is -2.36. The van der Waals surface area contributed by atoms with Gasteiger partial charge in [-0.3, -0.25) is 9.55 Å². The van der Waals surface area contributed by atoms with Crippen molar-refractivity contribution >= 4 is 28.7 Å². The standard InChI is InChI=1S/C22H25N5OS2/c1-14-12-17(15(2)27(14)22-24-9-11-30-22)20-19(18-7-3-4-8-23-18)25-21(29)26(20)13-16-6-5-10-28-16/h3-4,7-9,11-12,16,19-20H,5-6,10,13H2,1-2H3,(H,25,29)/t16-,19-,20-/m0/s1. The van der Waals surface area contributed by atoms with E-state index < -0.39 is 0 Å². The summed E-state index contributed by atoms with van der Waals surface area (Å²) in [7, 11) is 0. The molecule has 0 amide bonds. The Morgan fingerprint density at radius 2 is 2.17 bits per heavy atom. The van der Waals surface area contributed by atoms with E-state index in [1.807, 2.05) is 29.9 Å². The number of ether oxygens (including phenoxy) is 1. The van der Waals surface area contributed by atoms with E-state index in [1.165, 1.54) is 17.0 Å². The molecule has 3 aromatic heterocycles. The number of rotatable bonds is 5. The van der Waals surface area contributed by atoms with E-state index >= 15 is 0 Å². The van der Waals surface area contributed by atoms with Gasteiger partial charge in [-0.05, 0) is 62.7 Å². The van der Waals surface area contributed by atoms with Gasteiger partial charge in [0, 0.05) is 42.3 Å². The number of nitrogens with one attached hydrogen (secondary N) is 1. The third-order valence-electron chi connectivity index (χ3n) is 6.02. The van der Waals surface area contributed by atoms with Gasteiger partial charge in [0.05, 0.1) is 23.9 Å². The molecule has 5 heterocycles. The van der Waals surface area contributed by atoms with Crippen LogP contribution in [0.2, 0.25) is 0 Å². The van der Waals surface area contributed by atoms with Crippen LogP contribution in [0.4, 0.5) is 0 Å². The predicted octanol–water partition coefficient (Wildman–Crippen LogP) is 4.10. The van der Waals surface area contributed by atoms with Crippen molar-refractivity contribution in [1.29, 1.82) is 0 Å². The summed E-state index contributed by atoms with van der Waals surface area (Å²) >= 11 is 7.46. The van der Waals surface area contributed by atoms with Crippen molar-refractivity contribution in [2.75, 3.05) is 13.2 Å². The SMILES string of the molecule is Cc1cc([C@H]2[C@H](c3ccccn3)NC(=S)N2C[C@@H]2CCCO2)c(C)n1-c1nccs1. The number of aryl methyl sites for hydroxylation is 1. The zero-order valence-electron chi connectivity index (χ0n) is 17.1. The lowest BCUT2D eigenvalue weighted by Gasteiger charge is -2.30. The Morgan fingerprint density at radius 3 is 2.87 bits per heavy atom. The van der Waals surface area contributed by atoms with Gasteiger partial charge >= 0.3 is 0 Å². The minimum absolute atomic E-state index is 0.00894. The fraction of sp³-hybridized carbons (Fsp3) is 0.409. The van der Waals surface area contributed by atoms with Crippen molar-refractivity contribution in [3.05, 3.63) is 64.7 Å². The summed E-state index contributed by atoms with van der Waals surface area (Å²) in [6.07, 6.45) is 6.12. The average molecular weight is 440 g/mol. The van der Waals surface area contributed by atoms with Gasteiger partial charge in [-0.25, -0.2) is 4.98 Å². The second kappa shape index (κ2) is 8.09. The highest BCUT2D eigenvalue weighted by molar-refractivity contribution is 7.80. The summed E-state index contributed by atoms with van der Waals surface area (Å²) in [6, 6.07) is 8.37. The van der Waals surface area contributed by atoms with Crippen LogP contribution in [-0.2, 0) is 4.74 Å². The molecule has 2 aliphatic heterocycles. The van der Waals surface area contributed by atoms with Crippen LogP contribution in [0, 0.1) is 13.8 Å². The van der Waals surface area contributed by atoms with Crippen molar-refractivity contribution in [2.24, 2.45) is 0 Å². The number of thiocarbonyl (C=S) groups is 1. The third kappa shape index (κ3) is 3.42. The van der Waals surface area contributed by atoms with Crippen LogP contribution < -0.4 is 5.32 Å². The summed E-state index contributed by atoms with van der Waals surface area (Å²) in [6.45, 7) is 5.94. The molecule has 2 saturated heterocycles. The summed E-state index contributed by atoms with van der Waals surface area (Å²) in [5.74, 6) is 0. The molecule has 0 saturated carbocycles. The van der Waals surface area contributed by atoms with Crippen LogP contribution in [-0.4, -0.2) is 43.8 Å². The third-order valence-corrected chi connectivity index (χ3v) is 7.13. The summed E-state index contributed by atoms with van der Waals surface area (Å²) in [4.78, 5) is 11.5. The molecular formula is C22H25N5OS2. The quantitative estimate of drug-likeness (QED) is 0.604. The fourth-order valence-electron chi connectivity index (χ4n) is 4.66. The van der Waals surface area contributed by atoms with Crippen molar-refractivity contribution in [3.8, 4) is 5.13 Å². The van der Waals surface area contributed by atoms with Crippen LogP contribution in [0.1, 0.15) is 47.6 Å². The highest BCUT2D eigenvalue weighted by Crippen LogP contribution is 2.42. The summed E-state index contributed by atoms with van der Waals surface area (Å²) < 4.78 is 8.19. The van der Waals surface area contributed by atoms with E-state index in [0.717, 1.165) is 41.9 Å². The maximum Gasteiger partial charge on any atom is 0.193 e. The second-order valence-electron chi connectivity index (χ2n) is 7.89. The molecule has 0 unspecified atom stereocenters. The highest BCUT2D eigenvalue weighted by Gasteiger charge is 2.42. The van der Waals surface area contributed by atoms with Crippen LogP contribution in [0.25, 0.3) is 5.13 Å². The van der Waals surface area contributed by atoms with Gasteiger partial charge in [-0.2, -0.15) is 0 Å². The molecule has 2 fully saturated rings. The van der Waals surface area contributed by atoms with Gasteiger partial charge in [0.2, 0.25) is 0 Å². The zero-order chi connectivity index (χ0) is 20.7. The van der Waals surface area contributed by atoms with Crippen LogP contribution in [0.5, 0.6) is 0 Å². The topological polar surface area (TPSA) is 55.2 Å². The molecule has 0 spiro atoms. The van der Waals surface area contributed by atoms with Crippen LogP contribution in [0.15, 0.2) is 42.0 Å². The minimum atomic E-state index is -0.00894. The van der Waals surface area contributed by atoms with Crippen molar-refractivity contribution in [3.63, 3.8) is 0 Å². The van der Waals surface area contributed by atoms with Gasteiger partial charge in [-0.1, -0.05) is 6.07 Å². The highest BCUT2D eigenvalue weighted by atomic mass is 32.1. The predicted molar refractivity (Wildman–Crippen MR) is 122 cm³/mol. The molecule has 5 rings (SSSR count). The molecule has 3 atom stereocenters. The number of hydrogen-bond donors (Lipinski definition) is 1. The van der Waals surface area contributed by atoms with Gasteiger partial charge < -0.3 is 15.0 Å². The number of hydrogen-bond acceptors (Lipinski definition) is 5. The first-order chi connectivity index (χ1) is 14.6. The number of thiazole rings is 1. The Hall–Kier alpha value is -2.29. The molecule has 6 nitrogen and oxygen atoms in total. The Labute approximate surface area is 185 Å². The molecule has 156 valence electrons. The molecule has 0 bridgehead atoms. The molecular weight excluding hydrogens is 414 g/mol. The van der Waals surface area contributed by atoms with E-state index in [9.17, 15) is 0 Å². The molecule has 0 aliphatic carbocycles. The Morgan fingerprint density at radius 1 is 1.27 bits per heavy atom. The van der Waals surface area contributed by atoms with E-state index in [0.29, 0.717) is 0 Å². The Bertz CT molecular complexity index is 1030. The van der Waals surface area contributed by atoms with E-state index in [1.54, 1.807) is 11.3 Å². The van der Waals surface area contributed by atoms with Gasteiger partial charge in [0.15, 0.2) is 10.2 Å². The first kappa shape index (κ1) is 19.7. The molecule has 3 aromatic rings. The molecule has 0 aromatic carbocycles. The molecule has 2 aliphatic rings. The maximum atomic E-state index is 5.95. The first-order valence-electron chi connectivity index (χ1n) is 10.3. The molecule has 8 heteroatoms. The Kier molecular flexibility index (Phi) is 5.30. The van der Waals surface area contributed by atoms with Crippen LogP contribution >= 0.6 is 23.6 Å². The number of aromatic nitrogens is 3. The molecule has 1 N–H and O–H groups in total. The van der Waals surface area contributed by atoms with Crippen molar-refractivity contribution < 1.29 is 4.74 Å². The van der Waals surface area contributed by atoms with Crippen molar-refractivity contribution in [1.82, 2.24) is 24.8 Å². The lowest BCUT2D eigenvalue weighted by molar-refractivity contribution is 0.0842. The van der Waals surface area contributed by atoms with Gasteiger partial charge in [0.1, 0.15) is 0 Å². The maximum absolute atomic E-state index is 5.95. The van der Waals surface area contributed by atoms with Gasteiger partial charge in [-0.15, -0.1) is 11.3 Å². The second-order valence-corrected chi connectivity index (χ2v) is 9.15. The monoisotopic (exact) mass is 439 g/mol. The van der Waals surface area contributed by atoms with E-state index in [4.69, 9.17) is 17.0 Å². The number of pyridine rings is 1. The summed E-state index contributed by atoms with van der Waals surface area (Å²) in [5.41, 5.74) is 4.62. The Balaban J connectivity index is 1.58. The molecule has 30 heavy (non-hydrogen) atoms. The normalized spacial score (nSPS) is 23.9. The van der Waals surface area contributed by atoms with E-state index in [2.05, 4.69) is 50.7 Å². The minimum Gasteiger partial charge on any atom is -0.376 e. The average Bonchev–Trinajstić information content (AvgIpc) is 3.53. The summed E-state index contributed by atoms with van der Waals surface area (Å²) in [5, 5.41) is 7.32. The van der Waals surface area contributed by atoms with Crippen LogP contribution in [0.3, 0.4) is 0 Å². The fourth-order valence-corrected chi connectivity index (χ4v) is 5.72. The smallest absolute Gasteiger partial charge is 0.193 e. The van der Waals surface area contributed by atoms with Gasteiger partial charge in [0.25, 0.3) is 0 Å².